The Balaban J connectivity index is 2.62. The third kappa shape index (κ3) is 1.91. The molecule has 4 heteroatoms. The molecule has 2 rings (SSSR count). The molecule has 0 aromatic heterocycles. The zero-order valence-electron chi connectivity index (χ0n) is 7.90. The summed E-state index contributed by atoms with van der Waals surface area (Å²) >= 11 is 5.83. The SMILES string of the molecule is Fc1cc(-c2cc[c]cc2Cl)cc(F)c1F. The van der Waals surface area contributed by atoms with E-state index in [-0.39, 0.29) is 5.56 Å². The normalized spacial score (nSPS) is 10.5. The molecule has 0 spiro atoms. The fourth-order valence-electron chi connectivity index (χ4n) is 1.36. The van der Waals surface area contributed by atoms with Gasteiger partial charge in [-0.1, -0.05) is 23.7 Å². The van der Waals surface area contributed by atoms with Crippen LogP contribution in [0.25, 0.3) is 11.1 Å². The highest BCUT2D eigenvalue weighted by atomic mass is 35.5. The minimum absolute atomic E-state index is 0.190. The van der Waals surface area contributed by atoms with Crippen molar-refractivity contribution in [3.63, 3.8) is 0 Å². The van der Waals surface area contributed by atoms with Crippen LogP contribution >= 0.6 is 11.6 Å². The van der Waals surface area contributed by atoms with Crippen molar-refractivity contribution >= 4 is 11.6 Å². The van der Waals surface area contributed by atoms with E-state index in [0.717, 1.165) is 12.1 Å². The lowest BCUT2D eigenvalue weighted by atomic mass is 10.1. The Morgan fingerprint density at radius 2 is 1.69 bits per heavy atom. The van der Waals surface area contributed by atoms with Crippen LogP contribution in [0.15, 0.2) is 30.3 Å². The van der Waals surface area contributed by atoms with Crippen LogP contribution in [-0.4, -0.2) is 0 Å². The molecule has 0 aliphatic carbocycles. The molecule has 0 aliphatic rings. The van der Waals surface area contributed by atoms with Gasteiger partial charge in [-0.2, -0.15) is 0 Å². The maximum absolute atomic E-state index is 13.0. The van der Waals surface area contributed by atoms with Crippen molar-refractivity contribution in [3.05, 3.63) is 58.9 Å². The molecule has 0 fully saturated rings. The highest BCUT2D eigenvalue weighted by Crippen LogP contribution is 2.29. The van der Waals surface area contributed by atoms with Gasteiger partial charge in [0.15, 0.2) is 17.5 Å². The number of benzene rings is 2. The molecule has 0 bridgehead atoms. The molecule has 0 nitrogen and oxygen atoms in total. The molecule has 2 aromatic rings. The van der Waals surface area contributed by atoms with E-state index in [1.807, 2.05) is 0 Å². The average Bonchev–Trinajstić information content (AvgIpc) is 2.26. The van der Waals surface area contributed by atoms with Gasteiger partial charge in [0.2, 0.25) is 0 Å². The van der Waals surface area contributed by atoms with Crippen molar-refractivity contribution in [2.45, 2.75) is 0 Å². The summed E-state index contributed by atoms with van der Waals surface area (Å²) in [5.41, 5.74) is 0.619. The maximum Gasteiger partial charge on any atom is 0.194 e. The quantitative estimate of drug-likeness (QED) is 0.656. The molecular formula is C12H5ClF3. The number of halogens is 4. The lowest BCUT2D eigenvalue weighted by Crippen LogP contribution is -1.92. The van der Waals surface area contributed by atoms with Gasteiger partial charge in [0, 0.05) is 10.6 Å². The fourth-order valence-corrected chi connectivity index (χ4v) is 1.59. The molecule has 0 N–H and O–H groups in total. The van der Waals surface area contributed by atoms with Crippen molar-refractivity contribution in [2.75, 3.05) is 0 Å². The first kappa shape index (κ1) is 11.0. The van der Waals surface area contributed by atoms with Gasteiger partial charge in [0.1, 0.15) is 0 Å². The molecule has 2 aromatic carbocycles. The molecule has 0 aliphatic heterocycles. The first-order valence-corrected chi connectivity index (χ1v) is 4.78. The van der Waals surface area contributed by atoms with E-state index < -0.39 is 17.5 Å². The van der Waals surface area contributed by atoms with Gasteiger partial charge in [0.05, 0.1) is 0 Å². The Morgan fingerprint density at radius 1 is 1.06 bits per heavy atom. The van der Waals surface area contributed by atoms with Crippen LogP contribution in [-0.2, 0) is 0 Å². The zero-order valence-corrected chi connectivity index (χ0v) is 8.65. The van der Waals surface area contributed by atoms with Gasteiger partial charge in [-0.15, -0.1) is 0 Å². The largest absolute Gasteiger partial charge is 0.204 e. The van der Waals surface area contributed by atoms with E-state index in [9.17, 15) is 13.2 Å². The summed E-state index contributed by atoms with van der Waals surface area (Å²) in [6.45, 7) is 0. The van der Waals surface area contributed by atoms with E-state index in [2.05, 4.69) is 6.07 Å². The standard InChI is InChI=1S/C12H5ClF3/c13-9-4-2-1-3-8(9)7-5-10(14)12(16)11(15)6-7/h1,3-6H. The van der Waals surface area contributed by atoms with Crippen LogP contribution < -0.4 is 0 Å². The Kier molecular flexibility index (Phi) is 2.88. The molecule has 0 unspecified atom stereocenters. The van der Waals surface area contributed by atoms with Crippen LogP contribution in [0, 0.1) is 23.5 Å². The third-order valence-corrected chi connectivity index (χ3v) is 2.42. The van der Waals surface area contributed by atoms with Crippen molar-refractivity contribution in [1.29, 1.82) is 0 Å². The Bertz CT molecular complexity index is 515. The van der Waals surface area contributed by atoms with Gasteiger partial charge in [-0.05, 0) is 29.8 Å². The highest BCUT2D eigenvalue weighted by Gasteiger charge is 2.12. The lowest BCUT2D eigenvalue weighted by Gasteiger charge is -2.05. The van der Waals surface area contributed by atoms with E-state index in [0.29, 0.717) is 10.6 Å². The molecular weight excluding hydrogens is 237 g/mol. The van der Waals surface area contributed by atoms with Crippen LogP contribution in [0.5, 0.6) is 0 Å². The second-order valence-corrected chi connectivity index (χ2v) is 3.57. The summed E-state index contributed by atoms with van der Waals surface area (Å²) in [4.78, 5) is 0. The predicted molar refractivity (Wildman–Crippen MR) is 55.6 cm³/mol. The highest BCUT2D eigenvalue weighted by molar-refractivity contribution is 6.33. The predicted octanol–water partition coefficient (Wildman–Crippen LogP) is 4.22. The minimum Gasteiger partial charge on any atom is -0.204 e. The lowest BCUT2D eigenvalue weighted by molar-refractivity contribution is 0.448. The second-order valence-electron chi connectivity index (χ2n) is 3.16. The summed E-state index contributed by atoms with van der Waals surface area (Å²) in [7, 11) is 0. The van der Waals surface area contributed by atoms with Crippen molar-refractivity contribution in [2.24, 2.45) is 0 Å². The van der Waals surface area contributed by atoms with E-state index in [1.165, 1.54) is 6.07 Å². The topological polar surface area (TPSA) is 0 Å². The molecule has 16 heavy (non-hydrogen) atoms. The van der Waals surface area contributed by atoms with E-state index in [1.54, 1.807) is 12.1 Å². The van der Waals surface area contributed by atoms with Crippen LogP contribution in [0.3, 0.4) is 0 Å². The Morgan fingerprint density at radius 3 is 2.25 bits per heavy atom. The molecule has 0 atom stereocenters. The number of rotatable bonds is 1. The molecule has 0 saturated heterocycles. The van der Waals surface area contributed by atoms with Gasteiger partial charge in [-0.25, -0.2) is 13.2 Å². The van der Waals surface area contributed by atoms with E-state index in [4.69, 9.17) is 11.6 Å². The van der Waals surface area contributed by atoms with Gasteiger partial charge in [-0.3, -0.25) is 0 Å². The maximum atomic E-state index is 13.0. The van der Waals surface area contributed by atoms with Gasteiger partial charge in [0.25, 0.3) is 0 Å². The van der Waals surface area contributed by atoms with Crippen molar-refractivity contribution in [3.8, 4) is 11.1 Å². The van der Waals surface area contributed by atoms with Crippen LogP contribution in [0.1, 0.15) is 0 Å². The summed E-state index contributed by atoms with van der Waals surface area (Å²) in [5.74, 6) is -3.96. The summed E-state index contributed by atoms with van der Waals surface area (Å²) in [6, 6.07) is 9.10. The number of hydrogen-bond donors (Lipinski definition) is 0. The number of hydrogen-bond acceptors (Lipinski definition) is 0. The van der Waals surface area contributed by atoms with Gasteiger partial charge >= 0.3 is 0 Å². The molecule has 81 valence electrons. The average molecular weight is 242 g/mol. The van der Waals surface area contributed by atoms with Gasteiger partial charge < -0.3 is 0 Å². The second kappa shape index (κ2) is 4.18. The van der Waals surface area contributed by atoms with Crippen molar-refractivity contribution in [1.82, 2.24) is 0 Å². The summed E-state index contributed by atoms with van der Waals surface area (Å²) < 4.78 is 38.7. The monoisotopic (exact) mass is 241 g/mol. The summed E-state index contributed by atoms with van der Waals surface area (Å²) in [6.07, 6.45) is 0. The minimum atomic E-state index is -1.48. The van der Waals surface area contributed by atoms with Crippen molar-refractivity contribution < 1.29 is 13.2 Å². The third-order valence-electron chi connectivity index (χ3n) is 2.11. The molecule has 0 amide bonds. The molecule has 0 heterocycles. The van der Waals surface area contributed by atoms with Crippen LogP contribution in [0.4, 0.5) is 13.2 Å². The smallest absolute Gasteiger partial charge is 0.194 e. The molecule has 0 saturated carbocycles. The first-order chi connectivity index (χ1) is 7.59. The summed E-state index contributed by atoms with van der Waals surface area (Å²) in [5, 5.41) is 0.299. The fraction of sp³-hybridized carbons (Fsp3) is 0. The van der Waals surface area contributed by atoms with Crippen LogP contribution in [0.2, 0.25) is 5.02 Å². The molecule has 1 radical (unpaired) electrons. The Hall–Kier alpha value is -1.48. The Labute approximate surface area is 95.3 Å². The van der Waals surface area contributed by atoms with E-state index >= 15 is 0 Å². The zero-order chi connectivity index (χ0) is 11.7. The first-order valence-electron chi connectivity index (χ1n) is 4.40.